The van der Waals surface area contributed by atoms with Crippen LogP contribution in [0.2, 0.25) is 0 Å². The second-order valence-corrected chi connectivity index (χ2v) is 7.24. The fourth-order valence-corrected chi connectivity index (χ4v) is 3.60. The van der Waals surface area contributed by atoms with Crippen molar-refractivity contribution in [1.82, 2.24) is 19.9 Å². The first kappa shape index (κ1) is 15.4. The van der Waals surface area contributed by atoms with E-state index >= 15 is 0 Å². The Bertz CT molecular complexity index is 901. The highest BCUT2D eigenvalue weighted by atomic mass is 32.1. The van der Waals surface area contributed by atoms with E-state index in [0.29, 0.717) is 24.8 Å². The number of thiophene rings is 1. The predicted molar refractivity (Wildman–Crippen MR) is 95.7 cm³/mol. The Morgan fingerprint density at radius 2 is 1.71 bits per heavy atom. The van der Waals surface area contributed by atoms with Gasteiger partial charge in [-0.3, -0.25) is 0 Å². The summed E-state index contributed by atoms with van der Waals surface area (Å²) in [6.45, 7) is 9.04. The van der Waals surface area contributed by atoms with E-state index in [-0.39, 0.29) is 0 Å². The summed E-state index contributed by atoms with van der Waals surface area (Å²) in [5.74, 6) is 0.712. The minimum atomic E-state index is 0.663. The second-order valence-electron chi connectivity index (χ2n) is 5.95. The summed E-state index contributed by atoms with van der Waals surface area (Å²) in [5, 5.41) is 0. The van der Waals surface area contributed by atoms with Gasteiger partial charge in [0.2, 0.25) is 5.95 Å². The van der Waals surface area contributed by atoms with Gasteiger partial charge in [-0.25, -0.2) is 15.0 Å². The number of hydrogen-bond donors (Lipinski definition) is 0. The summed E-state index contributed by atoms with van der Waals surface area (Å²) in [7, 11) is 0. The molecule has 0 radical (unpaired) electrons. The molecule has 1 aliphatic heterocycles. The second kappa shape index (κ2) is 6.07. The number of ether oxygens (including phenoxy) is 1. The first-order valence-corrected chi connectivity index (χ1v) is 8.86. The molecule has 7 heteroatoms. The van der Waals surface area contributed by atoms with Crippen LogP contribution in [0.15, 0.2) is 12.1 Å². The quantitative estimate of drug-likeness (QED) is 0.714. The van der Waals surface area contributed by atoms with Crippen molar-refractivity contribution in [3.05, 3.63) is 28.4 Å². The Morgan fingerprint density at radius 3 is 2.42 bits per heavy atom. The average Bonchev–Trinajstić information content (AvgIpc) is 3.02. The molecule has 1 saturated heterocycles. The Balaban J connectivity index is 1.94. The number of aromatic nitrogens is 4. The van der Waals surface area contributed by atoms with Gasteiger partial charge in [0.1, 0.15) is 11.2 Å². The van der Waals surface area contributed by atoms with Crippen molar-refractivity contribution in [3.8, 4) is 10.6 Å². The van der Waals surface area contributed by atoms with Crippen LogP contribution in [0.1, 0.15) is 16.3 Å². The van der Waals surface area contributed by atoms with Gasteiger partial charge in [-0.15, -0.1) is 11.3 Å². The zero-order chi connectivity index (χ0) is 16.7. The fraction of sp³-hybridized carbons (Fsp3) is 0.412. The standard InChI is InChI=1S/C17H19N5OS/c1-10-4-5-13(24-10)14-15-16(19-12(3)11(2)18-15)21-17(20-14)22-6-8-23-9-7-22/h4-5H,6-9H2,1-3H3. The zero-order valence-electron chi connectivity index (χ0n) is 14.0. The van der Waals surface area contributed by atoms with E-state index in [0.717, 1.165) is 40.6 Å². The molecule has 0 bridgehead atoms. The lowest BCUT2D eigenvalue weighted by molar-refractivity contribution is 0.122. The van der Waals surface area contributed by atoms with Crippen LogP contribution in [-0.4, -0.2) is 46.2 Å². The number of hydrogen-bond acceptors (Lipinski definition) is 7. The molecule has 6 nitrogen and oxygen atoms in total. The molecule has 0 saturated carbocycles. The van der Waals surface area contributed by atoms with Gasteiger partial charge < -0.3 is 9.64 Å². The van der Waals surface area contributed by atoms with Crippen LogP contribution < -0.4 is 4.90 Å². The SMILES string of the molecule is Cc1ccc(-c2nc(N3CCOCC3)nc3nc(C)c(C)nc23)s1. The van der Waals surface area contributed by atoms with E-state index in [4.69, 9.17) is 14.7 Å². The minimum absolute atomic E-state index is 0.663. The lowest BCUT2D eigenvalue weighted by Gasteiger charge is -2.27. The van der Waals surface area contributed by atoms with Crippen LogP contribution in [-0.2, 0) is 4.74 Å². The lowest BCUT2D eigenvalue weighted by Crippen LogP contribution is -2.37. The van der Waals surface area contributed by atoms with E-state index in [2.05, 4.69) is 33.9 Å². The first-order chi connectivity index (χ1) is 11.6. The largest absolute Gasteiger partial charge is 0.378 e. The predicted octanol–water partition coefficient (Wildman–Crippen LogP) is 2.91. The lowest BCUT2D eigenvalue weighted by atomic mass is 10.2. The monoisotopic (exact) mass is 341 g/mol. The van der Waals surface area contributed by atoms with Gasteiger partial charge in [0, 0.05) is 18.0 Å². The first-order valence-electron chi connectivity index (χ1n) is 8.04. The molecule has 3 aromatic heterocycles. The molecule has 0 spiro atoms. The molecule has 1 fully saturated rings. The van der Waals surface area contributed by atoms with Crippen LogP contribution in [0, 0.1) is 20.8 Å². The van der Waals surface area contributed by atoms with Gasteiger partial charge in [0.25, 0.3) is 0 Å². The smallest absolute Gasteiger partial charge is 0.228 e. The highest BCUT2D eigenvalue weighted by molar-refractivity contribution is 7.15. The molecule has 24 heavy (non-hydrogen) atoms. The third-order valence-electron chi connectivity index (χ3n) is 4.20. The maximum atomic E-state index is 5.44. The Kier molecular flexibility index (Phi) is 3.90. The van der Waals surface area contributed by atoms with E-state index in [1.54, 1.807) is 11.3 Å². The van der Waals surface area contributed by atoms with Crippen LogP contribution in [0.5, 0.6) is 0 Å². The highest BCUT2D eigenvalue weighted by Gasteiger charge is 2.20. The number of fused-ring (bicyclic) bond motifs is 1. The number of morpholine rings is 1. The maximum Gasteiger partial charge on any atom is 0.228 e. The molecule has 0 amide bonds. The number of rotatable bonds is 2. The van der Waals surface area contributed by atoms with Gasteiger partial charge in [0.05, 0.1) is 29.5 Å². The number of aryl methyl sites for hydroxylation is 3. The summed E-state index contributed by atoms with van der Waals surface area (Å²) < 4.78 is 5.44. The zero-order valence-corrected chi connectivity index (χ0v) is 14.9. The maximum absolute atomic E-state index is 5.44. The van der Waals surface area contributed by atoms with Crippen molar-refractivity contribution in [2.24, 2.45) is 0 Å². The van der Waals surface area contributed by atoms with Crippen molar-refractivity contribution in [3.63, 3.8) is 0 Å². The minimum Gasteiger partial charge on any atom is -0.378 e. The van der Waals surface area contributed by atoms with E-state index in [1.807, 2.05) is 13.8 Å². The van der Waals surface area contributed by atoms with E-state index in [9.17, 15) is 0 Å². The summed E-state index contributed by atoms with van der Waals surface area (Å²) in [5.41, 5.74) is 4.13. The molecule has 0 aliphatic carbocycles. The number of anilines is 1. The molecule has 4 heterocycles. The summed E-state index contributed by atoms with van der Waals surface area (Å²) in [6.07, 6.45) is 0. The topological polar surface area (TPSA) is 64.0 Å². The molecule has 1 aliphatic rings. The molecule has 4 rings (SSSR count). The average molecular weight is 341 g/mol. The van der Waals surface area contributed by atoms with E-state index in [1.165, 1.54) is 4.88 Å². The van der Waals surface area contributed by atoms with Crippen LogP contribution in [0.3, 0.4) is 0 Å². The molecular formula is C17H19N5OS. The molecule has 0 aromatic carbocycles. The normalized spacial score (nSPS) is 15.2. The Hall–Kier alpha value is -2.12. The number of nitrogens with zero attached hydrogens (tertiary/aromatic N) is 5. The van der Waals surface area contributed by atoms with Crippen LogP contribution >= 0.6 is 11.3 Å². The molecular weight excluding hydrogens is 322 g/mol. The van der Waals surface area contributed by atoms with Crippen molar-refractivity contribution < 1.29 is 4.74 Å². The third-order valence-corrected chi connectivity index (χ3v) is 5.21. The fourth-order valence-electron chi connectivity index (χ4n) is 2.74. The van der Waals surface area contributed by atoms with Gasteiger partial charge in [-0.05, 0) is 32.9 Å². The van der Waals surface area contributed by atoms with Crippen LogP contribution in [0.25, 0.3) is 21.7 Å². The van der Waals surface area contributed by atoms with Gasteiger partial charge in [-0.1, -0.05) is 0 Å². The molecule has 0 N–H and O–H groups in total. The van der Waals surface area contributed by atoms with Gasteiger partial charge >= 0.3 is 0 Å². The van der Waals surface area contributed by atoms with Crippen molar-refractivity contribution in [2.75, 3.05) is 31.2 Å². The van der Waals surface area contributed by atoms with Crippen molar-refractivity contribution in [1.29, 1.82) is 0 Å². The summed E-state index contributed by atoms with van der Waals surface area (Å²) in [6, 6.07) is 4.21. The molecule has 0 atom stereocenters. The molecule has 3 aromatic rings. The summed E-state index contributed by atoms with van der Waals surface area (Å²) in [4.78, 5) is 23.4. The van der Waals surface area contributed by atoms with Gasteiger partial charge in [-0.2, -0.15) is 4.98 Å². The van der Waals surface area contributed by atoms with E-state index < -0.39 is 0 Å². The van der Waals surface area contributed by atoms with Crippen molar-refractivity contribution >= 4 is 28.4 Å². The summed E-state index contributed by atoms with van der Waals surface area (Å²) >= 11 is 1.72. The highest BCUT2D eigenvalue weighted by Crippen LogP contribution is 2.32. The Morgan fingerprint density at radius 1 is 0.958 bits per heavy atom. The van der Waals surface area contributed by atoms with Crippen molar-refractivity contribution in [2.45, 2.75) is 20.8 Å². The van der Waals surface area contributed by atoms with Gasteiger partial charge in [0.15, 0.2) is 5.65 Å². The molecule has 124 valence electrons. The third kappa shape index (κ3) is 2.74. The molecule has 0 unspecified atom stereocenters. The van der Waals surface area contributed by atoms with Crippen LogP contribution in [0.4, 0.5) is 5.95 Å². The Labute approximate surface area is 144 Å².